The van der Waals surface area contributed by atoms with Gasteiger partial charge in [0, 0.05) is 24.0 Å². The third-order valence-corrected chi connectivity index (χ3v) is 4.36. The predicted molar refractivity (Wildman–Crippen MR) is 95.2 cm³/mol. The maximum atomic E-state index is 12.1. The zero-order chi connectivity index (χ0) is 17.2. The van der Waals surface area contributed by atoms with E-state index in [1.807, 2.05) is 31.2 Å². The third-order valence-electron chi connectivity index (χ3n) is 4.36. The van der Waals surface area contributed by atoms with Crippen LogP contribution in [-0.2, 0) is 4.79 Å². The summed E-state index contributed by atoms with van der Waals surface area (Å²) in [6.07, 6.45) is 5.99. The van der Waals surface area contributed by atoms with Crippen LogP contribution in [0.1, 0.15) is 24.8 Å². The minimum absolute atomic E-state index is 0.107. The van der Waals surface area contributed by atoms with Crippen molar-refractivity contribution in [1.29, 1.82) is 0 Å². The molecule has 3 atom stereocenters. The molecular formula is C17H24N6O. The van der Waals surface area contributed by atoms with Gasteiger partial charge in [-0.3, -0.25) is 10.1 Å². The molecule has 1 heterocycles. The molecular weight excluding hydrogens is 304 g/mol. The first-order valence-electron chi connectivity index (χ1n) is 8.17. The van der Waals surface area contributed by atoms with E-state index in [4.69, 9.17) is 11.5 Å². The van der Waals surface area contributed by atoms with Gasteiger partial charge in [-0.2, -0.15) is 0 Å². The standard InChI is InChI=1S/C17H24N6O/c1-11-3-2-4-13(9-11)21-15-7-8-20-17(23-15,16(19)24)22-14-6-5-12(18)10-14/h2-4,7-9,12,14,21-23H,5-6,10,18H2,1H3,(H2,19,24)/t12-,14+,17?/m1/s1. The number of allylic oxidation sites excluding steroid dienone is 1. The van der Waals surface area contributed by atoms with Gasteiger partial charge in [0.2, 0.25) is 0 Å². The van der Waals surface area contributed by atoms with E-state index in [0.717, 1.165) is 30.5 Å². The van der Waals surface area contributed by atoms with Crippen molar-refractivity contribution < 1.29 is 4.79 Å². The topological polar surface area (TPSA) is 118 Å². The average Bonchev–Trinajstić information content (AvgIpc) is 2.92. The maximum absolute atomic E-state index is 12.1. The number of nitrogens with two attached hydrogens (primary N) is 2. The van der Waals surface area contributed by atoms with E-state index in [1.165, 1.54) is 0 Å². The second kappa shape index (κ2) is 6.62. The van der Waals surface area contributed by atoms with E-state index in [9.17, 15) is 4.79 Å². The highest BCUT2D eigenvalue weighted by Gasteiger charge is 2.41. The second-order valence-electron chi connectivity index (χ2n) is 6.47. The first-order chi connectivity index (χ1) is 11.5. The zero-order valence-electron chi connectivity index (χ0n) is 13.8. The molecule has 7 heteroatoms. The van der Waals surface area contributed by atoms with Gasteiger partial charge in [-0.15, -0.1) is 0 Å². The van der Waals surface area contributed by atoms with Crippen molar-refractivity contribution in [3.05, 3.63) is 41.7 Å². The lowest BCUT2D eigenvalue weighted by Gasteiger charge is -2.35. The molecule has 0 spiro atoms. The Hall–Kier alpha value is -2.38. The first kappa shape index (κ1) is 16.5. The van der Waals surface area contributed by atoms with Gasteiger partial charge in [-0.05, 0) is 50.0 Å². The van der Waals surface area contributed by atoms with Crippen LogP contribution in [0, 0.1) is 6.92 Å². The molecule has 3 rings (SSSR count). The van der Waals surface area contributed by atoms with Gasteiger partial charge >= 0.3 is 0 Å². The summed E-state index contributed by atoms with van der Waals surface area (Å²) in [5, 5.41) is 9.60. The van der Waals surface area contributed by atoms with Crippen molar-refractivity contribution in [3.8, 4) is 0 Å². The van der Waals surface area contributed by atoms with Crippen LogP contribution in [0.4, 0.5) is 5.69 Å². The summed E-state index contributed by atoms with van der Waals surface area (Å²) >= 11 is 0. The molecule has 0 aromatic heterocycles. The molecule has 7 nitrogen and oxygen atoms in total. The number of aliphatic imine (C=N–C) groups is 1. The number of rotatable bonds is 5. The van der Waals surface area contributed by atoms with Gasteiger partial charge < -0.3 is 22.1 Å². The Balaban J connectivity index is 1.74. The molecule has 1 aliphatic heterocycles. The third kappa shape index (κ3) is 3.58. The van der Waals surface area contributed by atoms with Crippen LogP contribution in [0.5, 0.6) is 0 Å². The number of nitrogens with one attached hydrogen (secondary N) is 3. The van der Waals surface area contributed by atoms with Gasteiger partial charge in [-0.25, -0.2) is 4.99 Å². The maximum Gasteiger partial charge on any atom is 0.282 e. The summed E-state index contributed by atoms with van der Waals surface area (Å²) in [5.41, 5.74) is 13.6. The van der Waals surface area contributed by atoms with E-state index in [0.29, 0.717) is 5.82 Å². The lowest BCUT2D eigenvalue weighted by Crippen LogP contribution is -2.66. The van der Waals surface area contributed by atoms with Gasteiger partial charge in [0.15, 0.2) is 0 Å². The highest BCUT2D eigenvalue weighted by Crippen LogP contribution is 2.22. The zero-order valence-corrected chi connectivity index (χ0v) is 13.8. The van der Waals surface area contributed by atoms with E-state index < -0.39 is 11.7 Å². The number of anilines is 1. The number of nitrogens with zero attached hydrogens (tertiary/aromatic N) is 1. The number of primary amides is 1. The van der Waals surface area contributed by atoms with E-state index in [2.05, 4.69) is 20.9 Å². The molecule has 24 heavy (non-hydrogen) atoms. The van der Waals surface area contributed by atoms with E-state index in [-0.39, 0.29) is 12.1 Å². The highest BCUT2D eigenvalue weighted by molar-refractivity contribution is 5.89. The minimum atomic E-state index is -1.35. The molecule has 1 fully saturated rings. The fourth-order valence-corrected chi connectivity index (χ4v) is 3.16. The van der Waals surface area contributed by atoms with Crippen LogP contribution < -0.4 is 27.4 Å². The highest BCUT2D eigenvalue weighted by atomic mass is 16.2. The Bertz CT molecular complexity index is 685. The molecule has 1 amide bonds. The van der Waals surface area contributed by atoms with Gasteiger partial charge in [0.1, 0.15) is 5.82 Å². The smallest absolute Gasteiger partial charge is 0.282 e. The van der Waals surface area contributed by atoms with Gasteiger partial charge in [-0.1, -0.05) is 12.1 Å². The van der Waals surface area contributed by atoms with Crippen LogP contribution >= 0.6 is 0 Å². The quantitative estimate of drug-likeness (QED) is 0.540. The Labute approximate surface area is 141 Å². The number of hydrogen-bond acceptors (Lipinski definition) is 6. The van der Waals surface area contributed by atoms with Crippen molar-refractivity contribution in [3.63, 3.8) is 0 Å². The molecule has 128 valence electrons. The Morgan fingerprint density at radius 1 is 1.42 bits per heavy atom. The molecule has 1 saturated carbocycles. The molecule has 7 N–H and O–H groups in total. The van der Waals surface area contributed by atoms with Crippen molar-refractivity contribution in [2.45, 2.75) is 44.1 Å². The average molecular weight is 328 g/mol. The molecule has 1 aromatic rings. The number of carbonyl (C=O) groups is 1. The number of aryl methyl sites for hydroxylation is 1. The van der Waals surface area contributed by atoms with Crippen LogP contribution in [0.3, 0.4) is 0 Å². The predicted octanol–water partition coefficient (Wildman–Crippen LogP) is 0.531. The monoisotopic (exact) mass is 328 g/mol. The second-order valence-corrected chi connectivity index (χ2v) is 6.47. The molecule has 2 aliphatic rings. The van der Waals surface area contributed by atoms with Crippen molar-refractivity contribution in [2.75, 3.05) is 5.32 Å². The summed E-state index contributed by atoms with van der Waals surface area (Å²) in [7, 11) is 0. The molecule has 1 aromatic carbocycles. The van der Waals surface area contributed by atoms with Crippen LogP contribution in [0.2, 0.25) is 0 Å². The molecule has 0 radical (unpaired) electrons. The number of carbonyl (C=O) groups excluding carboxylic acids is 1. The Morgan fingerprint density at radius 3 is 2.92 bits per heavy atom. The largest absolute Gasteiger partial charge is 0.365 e. The number of amides is 1. The Kier molecular flexibility index (Phi) is 4.55. The lowest BCUT2D eigenvalue weighted by atomic mass is 10.2. The summed E-state index contributed by atoms with van der Waals surface area (Å²) < 4.78 is 0. The summed E-state index contributed by atoms with van der Waals surface area (Å²) in [6, 6.07) is 8.22. The Morgan fingerprint density at radius 2 is 2.25 bits per heavy atom. The number of benzene rings is 1. The summed E-state index contributed by atoms with van der Waals surface area (Å²) in [6.45, 7) is 2.02. The van der Waals surface area contributed by atoms with E-state index >= 15 is 0 Å². The van der Waals surface area contributed by atoms with Gasteiger partial charge in [0.05, 0.1) is 0 Å². The first-order valence-corrected chi connectivity index (χ1v) is 8.17. The van der Waals surface area contributed by atoms with Crippen molar-refractivity contribution in [2.24, 2.45) is 16.5 Å². The van der Waals surface area contributed by atoms with Crippen molar-refractivity contribution in [1.82, 2.24) is 10.6 Å². The normalized spacial score (nSPS) is 29.0. The van der Waals surface area contributed by atoms with Crippen molar-refractivity contribution >= 4 is 17.8 Å². The molecule has 1 aliphatic carbocycles. The molecule has 1 unspecified atom stereocenters. The summed E-state index contributed by atoms with van der Waals surface area (Å²) in [4.78, 5) is 16.4. The van der Waals surface area contributed by atoms with Crippen LogP contribution in [0.25, 0.3) is 0 Å². The molecule has 0 saturated heterocycles. The SMILES string of the molecule is Cc1cccc(NC2=CC=NC(N[C@H]3CC[C@@H](N)C3)(C(N)=O)N2)c1. The van der Waals surface area contributed by atoms with Crippen LogP contribution in [0.15, 0.2) is 41.2 Å². The fourth-order valence-electron chi connectivity index (χ4n) is 3.16. The molecule has 0 bridgehead atoms. The lowest BCUT2D eigenvalue weighted by molar-refractivity contribution is -0.125. The summed E-state index contributed by atoms with van der Waals surface area (Å²) in [5.74, 6) is -1.27. The van der Waals surface area contributed by atoms with Gasteiger partial charge in [0.25, 0.3) is 11.7 Å². The van der Waals surface area contributed by atoms with E-state index in [1.54, 1.807) is 12.3 Å². The fraction of sp³-hybridized carbons (Fsp3) is 0.412. The van der Waals surface area contributed by atoms with Crippen LogP contribution in [-0.4, -0.2) is 30.0 Å². The minimum Gasteiger partial charge on any atom is -0.365 e. The number of hydrogen-bond donors (Lipinski definition) is 5.